The van der Waals surface area contributed by atoms with Gasteiger partial charge in [-0.2, -0.15) is 0 Å². The number of ether oxygens (including phenoxy) is 1. The predicted octanol–water partition coefficient (Wildman–Crippen LogP) is 3.48. The SMILES string of the molecule is CCn1ccnc1C1CCN(C(=O)c2cc(OC)nc3ccccc23)CC1. The summed E-state index contributed by atoms with van der Waals surface area (Å²) in [6.45, 7) is 4.53. The van der Waals surface area contributed by atoms with E-state index in [1.54, 1.807) is 13.2 Å². The molecule has 140 valence electrons. The first-order chi connectivity index (χ1) is 13.2. The minimum Gasteiger partial charge on any atom is -0.481 e. The Bertz CT molecular complexity index is 958. The van der Waals surface area contributed by atoms with Crippen molar-refractivity contribution in [1.29, 1.82) is 0 Å². The molecule has 0 atom stereocenters. The molecule has 0 spiro atoms. The molecule has 3 heterocycles. The normalized spacial score (nSPS) is 15.3. The Morgan fingerprint density at radius 2 is 2.04 bits per heavy atom. The number of rotatable bonds is 4. The number of benzene rings is 1. The van der Waals surface area contributed by atoms with Gasteiger partial charge in [0.2, 0.25) is 5.88 Å². The fourth-order valence-corrected chi connectivity index (χ4v) is 3.89. The van der Waals surface area contributed by atoms with Crippen molar-refractivity contribution in [2.45, 2.75) is 32.2 Å². The molecule has 2 aromatic heterocycles. The molecule has 1 saturated heterocycles. The van der Waals surface area contributed by atoms with Gasteiger partial charge in [0.15, 0.2) is 0 Å². The second-order valence-electron chi connectivity index (χ2n) is 6.87. The van der Waals surface area contributed by atoms with Crippen LogP contribution in [0.25, 0.3) is 10.9 Å². The van der Waals surface area contributed by atoms with Crippen LogP contribution in [0.2, 0.25) is 0 Å². The van der Waals surface area contributed by atoms with Gasteiger partial charge in [-0.15, -0.1) is 0 Å². The zero-order chi connectivity index (χ0) is 18.8. The number of methoxy groups -OCH3 is 1. The van der Waals surface area contributed by atoms with Crippen LogP contribution in [-0.2, 0) is 6.54 Å². The maximum Gasteiger partial charge on any atom is 0.254 e. The number of para-hydroxylation sites is 1. The number of imidazole rings is 1. The number of aryl methyl sites for hydroxylation is 1. The Labute approximate surface area is 158 Å². The second kappa shape index (κ2) is 7.39. The summed E-state index contributed by atoms with van der Waals surface area (Å²) in [5, 5.41) is 0.868. The van der Waals surface area contributed by atoms with E-state index in [9.17, 15) is 4.79 Å². The van der Waals surface area contributed by atoms with Gasteiger partial charge in [0, 0.05) is 49.4 Å². The van der Waals surface area contributed by atoms with Crippen LogP contribution in [0.1, 0.15) is 41.9 Å². The van der Waals surface area contributed by atoms with Gasteiger partial charge < -0.3 is 14.2 Å². The van der Waals surface area contributed by atoms with Crippen LogP contribution in [0.3, 0.4) is 0 Å². The third kappa shape index (κ3) is 3.27. The van der Waals surface area contributed by atoms with Gasteiger partial charge in [-0.3, -0.25) is 4.79 Å². The molecule has 6 heteroatoms. The van der Waals surface area contributed by atoms with Crippen molar-refractivity contribution in [2.75, 3.05) is 20.2 Å². The molecule has 1 amide bonds. The minimum absolute atomic E-state index is 0.0455. The Morgan fingerprint density at radius 3 is 2.78 bits per heavy atom. The first-order valence-corrected chi connectivity index (χ1v) is 9.45. The summed E-state index contributed by atoms with van der Waals surface area (Å²) in [5.41, 5.74) is 1.44. The van der Waals surface area contributed by atoms with Crippen molar-refractivity contribution >= 4 is 16.8 Å². The Balaban J connectivity index is 1.56. The van der Waals surface area contributed by atoms with E-state index in [0.29, 0.717) is 17.4 Å². The summed E-state index contributed by atoms with van der Waals surface area (Å²) in [4.78, 5) is 24.1. The Hall–Kier alpha value is -2.89. The van der Waals surface area contributed by atoms with Crippen molar-refractivity contribution in [2.24, 2.45) is 0 Å². The molecular weight excluding hydrogens is 340 g/mol. The maximum atomic E-state index is 13.2. The molecule has 1 aliphatic rings. The molecule has 4 rings (SSSR count). The number of likely N-dealkylation sites (tertiary alicyclic amines) is 1. The van der Waals surface area contributed by atoms with Crippen molar-refractivity contribution < 1.29 is 9.53 Å². The van der Waals surface area contributed by atoms with E-state index < -0.39 is 0 Å². The van der Waals surface area contributed by atoms with E-state index in [0.717, 1.165) is 49.2 Å². The molecule has 27 heavy (non-hydrogen) atoms. The van der Waals surface area contributed by atoms with Crippen LogP contribution >= 0.6 is 0 Å². The number of carbonyl (C=O) groups excluding carboxylic acids is 1. The summed E-state index contributed by atoms with van der Waals surface area (Å²) >= 11 is 0. The second-order valence-corrected chi connectivity index (χ2v) is 6.87. The molecule has 0 saturated carbocycles. The quantitative estimate of drug-likeness (QED) is 0.711. The highest BCUT2D eigenvalue weighted by molar-refractivity contribution is 6.06. The van der Waals surface area contributed by atoms with E-state index in [4.69, 9.17) is 4.74 Å². The van der Waals surface area contributed by atoms with Gasteiger partial charge in [-0.05, 0) is 25.8 Å². The van der Waals surface area contributed by atoms with E-state index >= 15 is 0 Å². The topological polar surface area (TPSA) is 60.2 Å². The van der Waals surface area contributed by atoms with E-state index in [1.165, 1.54) is 0 Å². The minimum atomic E-state index is 0.0455. The number of hydrogen-bond donors (Lipinski definition) is 0. The van der Waals surface area contributed by atoms with E-state index in [-0.39, 0.29) is 5.91 Å². The highest BCUT2D eigenvalue weighted by Gasteiger charge is 2.28. The molecular formula is C21H24N4O2. The monoisotopic (exact) mass is 364 g/mol. The number of aromatic nitrogens is 3. The molecule has 0 bridgehead atoms. The maximum absolute atomic E-state index is 13.2. The van der Waals surface area contributed by atoms with Crippen molar-refractivity contribution in [1.82, 2.24) is 19.4 Å². The first-order valence-electron chi connectivity index (χ1n) is 9.45. The zero-order valence-corrected chi connectivity index (χ0v) is 15.8. The smallest absolute Gasteiger partial charge is 0.254 e. The predicted molar refractivity (Wildman–Crippen MR) is 104 cm³/mol. The third-order valence-electron chi connectivity index (χ3n) is 5.37. The van der Waals surface area contributed by atoms with Crippen LogP contribution in [-0.4, -0.2) is 45.5 Å². The molecule has 0 aliphatic carbocycles. The number of amides is 1. The molecule has 0 radical (unpaired) electrons. The van der Waals surface area contributed by atoms with Gasteiger partial charge in [0.05, 0.1) is 18.2 Å². The zero-order valence-electron chi connectivity index (χ0n) is 15.8. The summed E-state index contributed by atoms with van der Waals surface area (Å²) in [6, 6.07) is 9.46. The number of pyridine rings is 1. The Morgan fingerprint density at radius 1 is 1.26 bits per heavy atom. The molecule has 3 aromatic rings. The molecule has 0 N–H and O–H groups in total. The van der Waals surface area contributed by atoms with Crippen molar-refractivity contribution in [3.63, 3.8) is 0 Å². The van der Waals surface area contributed by atoms with Gasteiger partial charge >= 0.3 is 0 Å². The van der Waals surface area contributed by atoms with E-state index in [2.05, 4.69) is 21.5 Å². The molecule has 1 aromatic carbocycles. The number of nitrogens with zero attached hydrogens (tertiary/aromatic N) is 4. The standard InChI is InChI=1S/C21H24N4O2/c1-3-24-13-10-22-20(24)15-8-11-25(12-9-15)21(26)17-14-19(27-2)23-18-7-5-4-6-16(17)18/h4-7,10,13-15H,3,8-9,11-12H2,1-2H3. The van der Waals surface area contributed by atoms with Gasteiger partial charge in [0.1, 0.15) is 5.82 Å². The van der Waals surface area contributed by atoms with Crippen LogP contribution in [0.5, 0.6) is 5.88 Å². The lowest BCUT2D eigenvalue weighted by molar-refractivity contribution is 0.0712. The van der Waals surface area contributed by atoms with Gasteiger partial charge in [0.25, 0.3) is 5.91 Å². The lowest BCUT2D eigenvalue weighted by Gasteiger charge is -2.32. The van der Waals surface area contributed by atoms with Crippen molar-refractivity contribution in [3.05, 3.63) is 54.1 Å². The highest BCUT2D eigenvalue weighted by atomic mass is 16.5. The Kier molecular flexibility index (Phi) is 4.79. The molecule has 6 nitrogen and oxygen atoms in total. The number of piperidine rings is 1. The molecule has 1 fully saturated rings. The lowest BCUT2D eigenvalue weighted by Crippen LogP contribution is -2.38. The molecule has 1 aliphatic heterocycles. The van der Waals surface area contributed by atoms with Crippen LogP contribution in [0.15, 0.2) is 42.7 Å². The third-order valence-corrected chi connectivity index (χ3v) is 5.37. The average molecular weight is 364 g/mol. The van der Waals surface area contributed by atoms with Gasteiger partial charge in [-0.25, -0.2) is 9.97 Å². The number of carbonyl (C=O) groups is 1. The van der Waals surface area contributed by atoms with Gasteiger partial charge in [-0.1, -0.05) is 18.2 Å². The van der Waals surface area contributed by atoms with Crippen LogP contribution < -0.4 is 4.74 Å². The van der Waals surface area contributed by atoms with Crippen molar-refractivity contribution in [3.8, 4) is 5.88 Å². The fourth-order valence-electron chi connectivity index (χ4n) is 3.89. The summed E-state index contributed by atoms with van der Waals surface area (Å²) < 4.78 is 7.50. The number of hydrogen-bond acceptors (Lipinski definition) is 4. The summed E-state index contributed by atoms with van der Waals surface area (Å²) in [6.07, 6.45) is 5.76. The van der Waals surface area contributed by atoms with Crippen LogP contribution in [0.4, 0.5) is 0 Å². The summed E-state index contributed by atoms with van der Waals surface area (Å²) in [5.74, 6) is 2.06. The average Bonchev–Trinajstić information content (AvgIpc) is 3.21. The number of fused-ring (bicyclic) bond motifs is 1. The first kappa shape index (κ1) is 17.5. The summed E-state index contributed by atoms with van der Waals surface area (Å²) in [7, 11) is 1.58. The fraction of sp³-hybridized carbons (Fsp3) is 0.381. The molecule has 0 unspecified atom stereocenters. The largest absolute Gasteiger partial charge is 0.481 e. The lowest BCUT2D eigenvalue weighted by atomic mass is 9.95. The highest BCUT2D eigenvalue weighted by Crippen LogP contribution is 2.29. The van der Waals surface area contributed by atoms with E-state index in [1.807, 2.05) is 41.6 Å². The van der Waals surface area contributed by atoms with Crippen LogP contribution in [0, 0.1) is 0 Å².